The summed E-state index contributed by atoms with van der Waals surface area (Å²) in [4.78, 5) is 13.6. The molecule has 0 bridgehead atoms. The molecule has 1 aromatic heterocycles. The van der Waals surface area contributed by atoms with Crippen LogP contribution in [0.5, 0.6) is 23.0 Å². The standard InChI is InChI=1S/C29H28O6/c1-4-5-20-14-23-26(16-25(20)34-17-19-6-9-22(31-3)10-7-19)35-18(2)28(29(23)30)21-8-11-24-27(15-21)33-13-12-32-24/h6-11,14-16H,4-5,12-13,17H2,1-3H3. The van der Waals surface area contributed by atoms with Crippen LogP contribution in [-0.4, -0.2) is 20.3 Å². The zero-order valence-electron chi connectivity index (χ0n) is 20.2. The van der Waals surface area contributed by atoms with Crippen LogP contribution >= 0.6 is 0 Å². The Balaban J connectivity index is 1.53. The molecule has 6 heteroatoms. The van der Waals surface area contributed by atoms with E-state index < -0.39 is 0 Å². The Kier molecular flexibility index (Phi) is 6.36. The number of rotatable bonds is 7. The fourth-order valence-corrected chi connectivity index (χ4v) is 4.39. The highest BCUT2D eigenvalue weighted by molar-refractivity contribution is 5.85. The molecule has 1 aliphatic heterocycles. The zero-order chi connectivity index (χ0) is 24.4. The molecule has 0 atom stereocenters. The first-order chi connectivity index (χ1) is 17.1. The van der Waals surface area contributed by atoms with Crippen LogP contribution in [0.4, 0.5) is 0 Å². The molecule has 35 heavy (non-hydrogen) atoms. The second kappa shape index (κ2) is 9.74. The molecule has 0 N–H and O–H groups in total. The molecule has 5 rings (SSSR count). The summed E-state index contributed by atoms with van der Waals surface area (Å²) in [6.07, 6.45) is 1.72. The summed E-state index contributed by atoms with van der Waals surface area (Å²) < 4.78 is 28.9. The maximum absolute atomic E-state index is 13.6. The van der Waals surface area contributed by atoms with E-state index in [1.54, 1.807) is 7.11 Å². The molecule has 0 spiro atoms. The lowest BCUT2D eigenvalue weighted by atomic mass is 9.99. The molecule has 0 aliphatic carbocycles. The first-order valence-electron chi connectivity index (χ1n) is 11.8. The summed E-state index contributed by atoms with van der Waals surface area (Å²) in [6.45, 7) is 5.33. The first-order valence-corrected chi connectivity index (χ1v) is 11.8. The second-order valence-electron chi connectivity index (χ2n) is 8.56. The summed E-state index contributed by atoms with van der Waals surface area (Å²) in [6, 6.07) is 17.1. The Morgan fingerprint density at radius 1 is 0.943 bits per heavy atom. The summed E-state index contributed by atoms with van der Waals surface area (Å²) >= 11 is 0. The normalized spacial score (nSPS) is 12.5. The molecule has 0 saturated heterocycles. The van der Waals surface area contributed by atoms with Gasteiger partial charge in [0, 0.05) is 6.07 Å². The third kappa shape index (κ3) is 4.56. The van der Waals surface area contributed by atoms with Crippen molar-refractivity contribution in [3.63, 3.8) is 0 Å². The van der Waals surface area contributed by atoms with Gasteiger partial charge in [0.2, 0.25) is 5.43 Å². The highest BCUT2D eigenvalue weighted by Crippen LogP contribution is 2.36. The number of hydrogen-bond acceptors (Lipinski definition) is 6. The fraction of sp³-hybridized carbons (Fsp3) is 0.276. The van der Waals surface area contributed by atoms with E-state index >= 15 is 0 Å². The van der Waals surface area contributed by atoms with E-state index in [1.807, 2.05) is 61.5 Å². The van der Waals surface area contributed by atoms with E-state index in [4.69, 9.17) is 23.4 Å². The van der Waals surface area contributed by atoms with Gasteiger partial charge in [0.1, 0.15) is 42.7 Å². The van der Waals surface area contributed by atoms with Crippen LogP contribution in [0.25, 0.3) is 22.1 Å². The van der Waals surface area contributed by atoms with Crippen molar-refractivity contribution in [2.75, 3.05) is 20.3 Å². The van der Waals surface area contributed by atoms with Crippen molar-refractivity contribution >= 4 is 11.0 Å². The SMILES string of the molecule is CCCc1cc2c(=O)c(-c3ccc4c(c3)OCCO4)c(C)oc2cc1OCc1ccc(OC)cc1. The number of ether oxygens (including phenoxy) is 4. The third-order valence-electron chi connectivity index (χ3n) is 6.15. The number of fused-ring (bicyclic) bond motifs is 2. The first kappa shape index (κ1) is 22.8. The Labute approximate surface area is 204 Å². The van der Waals surface area contributed by atoms with Crippen LogP contribution in [0.1, 0.15) is 30.2 Å². The van der Waals surface area contributed by atoms with Crippen molar-refractivity contribution in [2.24, 2.45) is 0 Å². The highest BCUT2D eigenvalue weighted by Gasteiger charge is 2.19. The summed E-state index contributed by atoms with van der Waals surface area (Å²) in [5.74, 6) is 3.40. The van der Waals surface area contributed by atoms with Gasteiger partial charge in [-0.1, -0.05) is 31.5 Å². The maximum Gasteiger partial charge on any atom is 0.200 e. The van der Waals surface area contributed by atoms with Crippen molar-refractivity contribution in [1.29, 1.82) is 0 Å². The smallest absolute Gasteiger partial charge is 0.200 e. The largest absolute Gasteiger partial charge is 0.497 e. The van der Waals surface area contributed by atoms with Gasteiger partial charge in [-0.25, -0.2) is 0 Å². The van der Waals surface area contributed by atoms with Crippen LogP contribution in [0.15, 0.2) is 63.8 Å². The highest BCUT2D eigenvalue weighted by atomic mass is 16.6. The van der Waals surface area contributed by atoms with E-state index in [1.165, 1.54) is 0 Å². The van der Waals surface area contributed by atoms with Crippen LogP contribution < -0.4 is 24.4 Å². The summed E-state index contributed by atoms with van der Waals surface area (Å²) in [5, 5.41) is 0.542. The number of benzene rings is 3. The van der Waals surface area contributed by atoms with Crippen molar-refractivity contribution in [3.05, 3.63) is 81.7 Å². The van der Waals surface area contributed by atoms with Gasteiger partial charge in [-0.3, -0.25) is 4.79 Å². The minimum Gasteiger partial charge on any atom is -0.497 e. The molecule has 0 amide bonds. The Hall–Kier alpha value is -3.93. The molecule has 3 aromatic carbocycles. The third-order valence-corrected chi connectivity index (χ3v) is 6.15. The maximum atomic E-state index is 13.6. The average molecular weight is 473 g/mol. The van der Waals surface area contributed by atoms with Gasteiger partial charge in [0.05, 0.1) is 18.1 Å². The molecular weight excluding hydrogens is 444 g/mol. The second-order valence-corrected chi connectivity index (χ2v) is 8.56. The Morgan fingerprint density at radius 3 is 2.46 bits per heavy atom. The molecule has 4 aromatic rings. The van der Waals surface area contributed by atoms with Gasteiger partial charge < -0.3 is 23.4 Å². The lowest BCUT2D eigenvalue weighted by molar-refractivity contribution is 0.171. The van der Waals surface area contributed by atoms with E-state index in [9.17, 15) is 4.79 Å². The molecule has 0 fully saturated rings. The van der Waals surface area contributed by atoms with E-state index in [2.05, 4.69) is 6.92 Å². The van der Waals surface area contributed by atoms with Crippen molar-refractivity contribution in [1.82, 2.24) is 0 Å². The Morgan fingerprint density at radius 2 is 1.71 bits per heavy atom. The lowest BCUT2D eigenvalue weighted by Gasteiger charge is -2.19. The molecule has 6 nitrogen and oxygen atoms in total. The van der Waals surface area contributed by atoms with E-state index in [0.717, 1.165) is 41.0 Å². The van der Waals surface area contributed by atoms with Gasteiger partial charge >= 0.3 is 0 Å². The van der Waals surface area contributed by atoms with Gasteiger partial charge in [-0.15, -0.1) is 0 Å². The molecule has 1 aliphatic rings. The van der Waals surface area contributed by atoms with Gasteiger partial charge in [-0.2, -0.15) is 0 Å². The van der Waals surface area contributed by atoms with Crippen molar-refractivity contribution < 1.29 is 23.4 Å². The molecule has 0 unspecified atom stereocenters. The zero-order valence-corrected chi connectivity index (χ0v) is 20.2. The topological polar surface area (TPSA) is 67.1 Å². The lowest BCUT2D eigenvalue weighted by Crippen LogP contribution is -2.15. The molecule has 0 saturated carbocycles. The predicted octanol–water partition coefficient (Wildman–Crippen LogP) is 6.08. The van der Waals surface area contributed by atoms with E-state index in [0.29, 0.717) is 53.6 Å². The van der Waals surface area contributed by atoms with Crippen molar-refractivity contribution in [2.45, 2.75) is 33.3 Å². The predicted molar refractivity (Wildman–Crippen MR) is 135 cm³/mol. The number of methoxy groups -OCH3 is 1. The van der Waals surface area contributed by atoms with Gasteiger partial charge in [0.15, 0.2) is 11.5 Å². The molecule has 2 heterocycles. The fourth-order valence-electron chi connectivity index (χ4n) is 4.39. The van der Waals surface area contributed by atoms with Crippen molar-refractivity contribution in [3.8, 4) is 34.1 Å². The minimum absolute atomic E-state index is 0.0699. The van der Waals surface area contributed by atoms with Crippen LogP contribution in [0, 0.1) is 6.92 Å². The van der Waals surface area contributed by atoms with Gasteiger partial charge in [0.25, 0.3) is 0 Å². The monoisotopic (exact) mass is 472 g/mol. The van der Waals surface area contributed by atoms with Crippen LogP contribution in [0.2, 0.25) is 0 Å². The van der Waals surface area contributed by atoms with Gasteiger partial charge in [-0.05, 0) is 60.4 Å². The average Bonchev–Trinajstić information content (AvgIpc) is 2.88. The van der Waals surface area contributed by atoms with Crippen LogP contribution in [-0.2, 0) is 13.0 Å². The van der Waals surface area contributed by atoms with E-state index in [-0.39, 0.29) is 5.43 Å². The Bertz CT molecular complexity index is 1420. The summed E-state index contributed by atoms with van der Waals surface area (Å²) in [5.41, 5.74) is 3.73. The number of aryl methyl sites for hydroxylation is 2. The summed E-state index contributed by atoms with van der Waals surface area (Å²) in [7, 11) is 1.65. The number of hydrogen-bond donors (Lipinski definition) is 0. The molecule has 0 radical (unpaired) electrons. The quantitative estimate of drug-likeness (QED) is 0.325. The van der Waals surface area contributed by atoms with Crippen LogP contribution in [0.3, 0.4) is 0 Å². The minimum atomic E-state index is -0.0699. The molecular formula is C29H28O6. The molecule has 180 valence electrons.